The van der Waals surface area contributed by atoms with Crippen molar-refractivity contribution in [3.05, 3.63) is 51.2 Å². The summed E-state index contributed by atoms with van der Waals surface area (Å²) in [6.45, 7) is 2.48. The van der Waals surface area contributed by atoms with Crippen LogP contribution in [0.25, 0.3) is 0 Å². The quantitative estimate of drug-likeness (QED) is 0.895. The molecule has 0 spiro atoms. The highest BCUT2D eigenvalue weighted by molar-refractivity contribution is 7.07. The third-order valence-electron chi connectivity index (χ3n) is 2.86. The highest BCUT2D eigenvalue weighted by atomic mass is 35.5. The summed E-state index contributed by atoms with van der Waals surface area (Å²) in [5, 5.41) is 7.56. The molecule has 1 aromatic heterocycles. The molecule has 2 amide bonds. The van der Waals surface area contributed by atoms with E-state index in [0.717, 1.165) is 16.8 Å². The van der Waals surface area contributed by atoms with Crippen molar-refractivity contribution in [3.63, 3.8) is 0 Å². The minimum Gasteiger partial charge on any atom is -0.323 e. The number of nitrogens with one attached hydrogen (secondary N) is 1. The molecule has 5 heteroatoms. The van der Waals surface area contributed by atoms with Crippen LogP contribution in [0.4, 0.5) is 10.5 Å². The van der Waals surface area contributed by atoms with Crippen molar-refractivity contribution in [2.24, 2.45) is 0 Å². The molecular formula is C14H15ClN2OS. The molecule has 0 saturated carbocycles. The Labute approximate surface area is 121 Å². The molecule has 0 radical (unpaired) electrons. The highest BCUT2D eigenvalue weighted by Crippen LogP contribution is 2.23. The van der Waals surface area contributed by atoms with Gasteiger partial charge in [-0.1, -0.05) is 17.7 Å². The van der Waals surface area contributed by atoms with E-state index in [1.807, 2.05) is 41.9 Å². The Bertz CT molecular complexity index is 569. The Morgan fingerprint density at radius 1 is 1.42 bits per heavy atom. The van der Waals surface area contributed by atoms with Gasteiger partial charge in [0.25, 0.3) is 0 Å². The molecule has 0 aliphatic rings. The molecule has 0 fully saturated rings. The van der Waals surface area contributed by atoms with Gasteiger partial charge in [0.1, 0.15) is 0 Å². The minimum absolute atomic E-state index is 0.142. The molecule has 19 heavy (non-hydrogen) atoms. The molecule has 1 heterocycles. The van der Waals surface area contributed by atoms with Crippen LogP contribution in [0.3, 0.4) is 0 Å². The molecule has 3 nitrogen and oxygen atoms in total. The van der Waals surface area contributed by atoms with E-state index in [0.29, 0.717) is 11.6 Å². The second kappa shape index (κ2) is 6.08. The van der Waals surface area contributed by atoms with Crippen LogP contribution in [0.5, 0.6) is 0 Å². The van der Waals surface area contributed by atoms with E-state index >= 15 is 0 Å². The summed E-state index contributed by atoms with van der Waals surface area (Å²) < 4.78 is 0. The first-order chi connectivity index (χ1) is 9.08. The Balaban J connectivity index is 2.02. The smallest absolute Gasteiger partial charge is 0.321 e. The lowest BCUT2D eigenvalue weighted by atomic mass is 10.2. The number of urea groups is 1. The number of carbonyl (C=O) groups excluding carboxylic acids is 1. The number of thiophene rings is 1. The molecule has 0 unspecified atom stereocenters. The molecule has 1 aromatic carbocycles. The monoisotopic (exact) mass is 294 g/mol. The van der Waals surface area contributed by atoms with Gasteiger partial charge in [0.15, 0.2) is 0 Å². The van der Waals surface area contributed by atoms with Crippen LogP contribution in [-0.2, 0) is 6.54 Å². The van der Waals surface area contributed by atoms with Gasteiger partial charge < -0.3 is 10.2 Å². The Kier molecular flexibility index (Phi) is 4.45. The second-order valence-electron chi connectivity index (χ2n) is 4.33. The largest absolute Gasteiger partial charge is 0.323 e. The van der Waals surface area contributed by atoms with Crippen molar-refractivity contribution in [2.75, 3.05) is 12.4 Å². The number of hydrogen-bond donors (Lipinski definition) is 1. The fourth-order valence-electron chi connectivity index (χ4n) is 1.68. The van der Waals surface area contributed by atoms with Crippen LogP contribution in [-0.4, -0.2) is 18.0 Å². The molecule has 0 bridgehead atoms. The normalized spacial score (nSPS) is 10.3. The molecule has 100 valence electrons. The third-order valence-corrected chi connectivity index (χ3v) is 4.00. The predicted molar refractivity (Wildman–Crippen MR) is 81.0 cm³/mol. The van der Waals surface area contributed by atoms with E-state index in [4.69, 9.17) is 11.6 Å². The third kappa shape index (κ3) is 3.49. The number of nitrogens with zero attached hydrogens (tertiary/aromatic N) is 1. The first kappa shape index (κ1) is 13.9. The van der Waals surface area contributed by atoms with Crippen LogP contribution in [0.1, 0.15) is 11.1 Å². The fourth-order valence-corrected chi connectivity index (χ4v) is 2.52. The molecule has 0 atom stereocenters. The topological polar surface area (TPSA) is 32.3 Å². The summed E-state index contributed by atoms with van der Waals surface area (Å²) in [7, 11) is 1.77. The second-order valence-corrected chi connectivity index (χ2v) is 5.52. The van der Waals surface area contributed by atoms with Gasteiger partial charge in [-0.05, 0) is 47.0 Å². The lowest BCUT2D eigenvalue weighted by Crippen LogP contribution is -2.30. The summed E-state index contributed by atoms with van der Waals surface area (Å²) in [4.78, 5) is 13.7. The Hall–Kier alpha value is -1.52. The number of halogens is 1. The van der Waals surface area contributed by atoms with Gasteiger partial charge >= 0.3 is 6.03 Å². The summed E-state index contributed by atoms with van der Waals surface area (Å²) in [5.41, 5.74) is 2.75. The van der Waals surface area contributed by atoms with E-state index in [2.05, 4.69) is 5.32 Å². The van der Waals surface area contributed by atoms with Crippen LogP contribution in [0.15, 0.2) is 35.0 Å². The van der Waals surface area contributed by atoms with E-state index in [-0.39, 0.29) is 6.03 Å². The van der Waals surface area contributed by atoms with Gasteiger partial charge in [0, 0.05) is 24.3 Å². The first-order valence-electron chi connectivity index (χ1n) is 5.86. The van der Waals surface area contributed by atoms with E-state index < -0.39 is 0 Å². The van der Waals surface area contributed by atoms with Gasteiger partial charge in [-0.15, -0.1) is 0 Å². The van der Waals surface area contributed by atoms with E-state index in [1.165, 1.54) is 0 Å². The van der Waals surface area contributed by atoms with Gasteiger partial charge in [-0.3, -0.25) is 0 Å². The van der Waals surface area contributed by atoms with E-state index in [9.17, 15) is 4.79 Å². The summed E-state index contributed by atoms with van der Waals surface area (Å²) in [6.07, 6.45) is 0. The zero-order chi connectivity index (χ0) is 13.8. The van der Waals surface area contributed by atoms with Gasteiger partial charge in [-0.25, -0.2) is 4.79 Å². The Morgan fingerprint density at radius 3 is 2.89 bits per heavy atom. The summed E-state index contributed by atoms with van der Waals surface area (Å²) in [5.74, 6) is 0. The van der Waals surface area contributed by atoms with Gasteiger partial charge in [-0.2, -0.15) is 11.3 Å². The van der Waals surface area contributed by atoms with Crippen LogP contribution in [0.2, 0.25) is 5.02 Å². The maximum absolute atomic E-state index is 12.1. The average molecular weight is 295 g/mol. The van der Waals surface area contributed by atoms with Gasteiger partial charge in [0.05, 0.1) is 0 Å². The van der Waals surface area contributed by atoms with Crippen LogP contribution >= 0.6 is 22.9 Å². The minimum atomic E-state index is -0.142. The Morgan fingerprint density at radius 2 is 2.21 bits per heavy atom. The maximum Gasteiger partial charge on any atom is 0.321 e. The zero-order valence-corrected chi connectivity index (χ0v) is 12.4. The number of rotatable bonds is 3. The zero-order valence-electron chi connectivity index (χ0n) is 10.8. The van der Waals surface area contributed by atoms with Crippen molar-refractivity contribution in [1.29, 1.82) is 0 Å². The number of anilines is 1. The van der Waals surface area contributed by atoms with Crippen molar-refractivity contribution in [1.82, 2.24) is 4.90 Å². The standard InChI is InChI=1S/C14H15ClN2OS/c1-10-12(15)4-3-5-13(10)16-14(18)17(2)8-11-6-7-19-9-11/h3-7,9H,8H2,1-2H3,(H,16,18). The van der Waals surface area contributed by atoms with E-state index in [1.54, 1.807) is 23.3 Å². The van der Waals surface area contributed by atoms with Crippen molar-refractivity contribution < 1.29 is 4.79 Å². The predicted octanol–water partition coefficient (Wildman–Crippen LogP) is 4.37. The molecule has 0 saturated heterocycles. The number of hydrogen-bond acceptors (Lipinski definition) is 2. The van der Waals surface area contributed by atoms with Crippen molar-refractivity contribution >= 4 is 34.7 Å². The van der Waals surface area contributed by atoms with Crippen LogP contribution < -0.4 is 5.32 Å². The van der Waals surface area contributed by atoms with Crippen molar-refractivity contribution in [3.8, 4) is 0 Å². The summed E-state index contributed by atoms with van der Waals surface area (Å²) in [6, 6.07) is 7.35. The average Bonchev–Trinajstić information content (AvgIpc) is 2.87. The number of benzene rings is 1. The molecule has 2 rings (SSSR count). The molecule has 1 N–H and O–H groups in total. The molecule has 2 aromatic rings. The molecule has 0 aliphatic carbocycles. The SMILES string of the molecule is Cc1c(Cl)cccc1NC(=O)N(C)Cc1ccsc1. The summed E-state index contributed by atoms with van der Waals surface area (Å²) >= 11 is 7.65. The van der Waals surface area contributed by atoms with Gasteiger partial charge in [0.2, 0.25) is 0 Å². The molecular weight excluding hydrogens is 280 g/mol. The number of carbonyl (C=O) groups is 1. The van der Waals surface area contributed by atoms with Crippen LogP contribution in [0, 0.1) is 6.92 Å². The maximum atomic E-state index is 12.1. The fraction of sp³-hybridized carbons (Fsp3) is 0.214. The first-order valence-corrected chi connectivity index (χ1v) is 7.18. The lowest BCUT2D eigenvalue weighted by molar-refractivity contribution is 0.220. The van der Waals surface area contributed by atoms with Crippen molar-refractivity contribution in [2.45, 2.75) is 13.5 Å². The lowest BCUT2D eigenvalue weighted by Gasteiger charge is -2.18. The molecule has 0 aliphatic heterocycles. The highest BCUT2D eigenvalue weighted by Gasteiger charge is 2.11. The number of amides is 2.